The SMILES string of the molecule is CNCCN1CCCN(C)C(C)C1=O. The Labute approximate surface area is 86.2 Å². The fraction of sp³-hybridized carbons (Fsp3) is 0.900. The van der Waals surface area contributed by atoms with Gasteiger partial charge < -0.3 is 10.2 Å². The predicted molar refractivity (Wildman–Crippen MR) is 57.2 cm³/mol. The molecule has 14 heavy (non-hydrogen) atoms. The van der Waals surface area contributed by atoms with Crippen molar-refractivity contribution >= 4 is 5.91 Å². The van der Waals surface area contributed by atoms with E-state index >= 15 is 0 Å². The molecule has 0 aromatic carbocycles. The van der Waals surface area contributed by atoms with Gasteiger partial charge in [0, 0.05) is 26.2 Å². The number of hydrogen-bond donors (Lipinski definition) is 1. The summed E-state index contributed by atoms with van der Waals surface area (Å²) in [5.74, 6) is 0.264. The summed E-state index contributed by atoms with van der Waals surface area (Å²) in [4.78, 5) is 16.0. The number of amides is 1. The summed E-state index contributed by atoms with van der Waals surface area (Å²) in [5.41, 5.74) is 0. The zero-order valence-corrected chi connectivity index (χ0v) is 9.42. The Balaban J connectivity index is 2.53. The summed E-state index contributed by atoms with van der Waals surface area (Å²) >= 11 is 0. The molecule has 0 spiro atoms. The second kappa shape index (κ2) is 5.32. The molecular weight excluding hydrogens is 178 g/mol. The Morgan fingerprint density at radius 1 is 1.50 bits per heavy atom. The minimum absolute atomic E-state index is 0.0364. The van der Waals surface area contributed by atoms with Crippen molar-refractivity contribution in [2.24, 2.45) is 0 Å². The summed E-state index contributed by atoms with van der Waals surface area (Å²) in [6.45, 7) is 5.61. The molecule has 1 aliphatic rings. The van der Waals surface area contributed by atoms with Gasteiger partial charge in [-0.25, -0.2) is 0 Å². The first-order valence-electron chi connectivity index (χ1n) is 5.30. The van der Waals surface area contributed by atoms with Crippen molar-refractivity contribution in [1.29, 1.82) is 0 Å². The predicted octanol–water partition coefficient (Wildman–Crippen LogP) is -0.242. The van der Waals surface area contributed by atoms with E-state index in [-0.39, 0.29) is 11.9 Å². The van der Waals surface area contributed by atoms with Gasteiger partial charge in [0.2, 0.25) is 5.91 Å². The van der Waals surface area contributed by atoms with Gasteiger partial charge in [0.25, 0.3) is 0 Å². The van der Waals surface area contributed by atoms with Crippen LogP contribution in [0.2, 0.25) is 0 Å². The highest BCUT2D eigenvalue weighted by atomic mass is 16.2. The van der Waals surface area contributed by atoms with Gasteiger partial charge >= 0.3 is 0 Å². The molecule has 0 radical (unpaired) electrons. The van der Waals surface area contributed by atoms with Crippen LogP contribution in [0.25, 0.3) is 0 Å². The molecule has 0 aromatic heterocycles. The first-order valence-corrected chi connectivity index (χ1v) is 5.30. The molecule has 1 rings (SSSR count). The zero-order valence-electron chi connectivity index (χ0n) is 9.42. The lowest BCUT2D eigenvalue weighted by Crippen LogP contribution is -2.44. The number of likely N-dealkylation sites (N-methyl/N-ethyl adjacent to an activating group) is 2. The summed E-state index contributed by atoms with van der Waals surface area (Å²) in [6.07, 6.45) is 1.08. The van der Waals surface area contributed by atoms with Gasteiger partial charge in [0.05, 0.1) is 6.04 Å². The average Bonchev–Trinajstić information content (AvgIpc) is 2.30. The van der Waals surface area contributed by atoms with Gasteiger partial charge in [-0.15, -0.1) is 0 Å². The Kier molecular flexibility index (Phi) is 4.35. The lowest BCUT2D eigenvalue weighted by molar-refractivity contribution is -0.134. The van der Waals surface area contributed by atoms with Crippen molar-refractivity contribution in [3.63, 3.8) is 0 Å². The number of carbonyl (C=O) groups is 1. The summed E-state index contributed by atoms with van der Waals surface area (Å²) in [7, 11) is 3.93. The van der Waals surface area contributed by atoms with Crippen LogP contribution in [0.1, 0.15) is 13.3 Å². The van der Waals surface area contributed by atoms with E-state index in [1.807, 2.05) is 25.9 Å². The Hall–Kier alpha value is -0.610. The molecule has 1 aliphatic heterocycles. The maximum absolute atomic E-state index is 11.9. The number of carbonyl (C=O) groups excluding carboxylic acids is 1. The first-order chi connectivity index (χ1) is 6.66. The second-order valence-electron chi connectivity index (χ2n) is 3.94. The van der Waals surface area contributed by atoms with Crippen molar-refractivity contribution in [2.45, 2.75) is 19.4 Å². The fourth-order valence-electron chi connectivity index (χ4n) is 1.74. The molecule has 1 heterocycles. The third-order valence-corrected chi connectivity index (χ3v) is 2.90. The van der Waals surface area contributed by atoms with E-state index in [9.17, 15) is 4.79 Å². The zero-order chi connectivity index (χ0) is 10.6. The normalized spacial score (nSPS) is 25.2. The minimum atomic E-state index is 0.0364. The molecular formula is C10H21N3O. The van der Waals surface area contributed by atoms with E-state index in [4.69, 9.17) is 0 Å². The quantitative estimate of drug-likeness (QED) is 0.681. The van der Waals surface area contributed by atoms with Crippen molar-refractivity contribution in [1.82, 2.24) is 15.1 Å². The molecule has 0 bridgehead atoms. The van der Waals surface area contributed by atoms with E-state index in [0.717, 1.165) is 32.6 Å². The molecule has 4 nitrogen and oxygen atoms in total. The molecule has 1 atom stereocenters. The third-order valence-electron chi connectivity index (χ3n) is 2.90. The highest BCUT2D eigenvalue weighted by molar-refractivity contribution is 5.81. The number of nitrogens with one attached hydrogen (secondary N) is 1. The van der Waals surface area contributed by atoms with E-state index < -0.39 is 0 Å². The van der Waals surface area contributed by atoms with Crippen LogP contribution in [0.5, 0.6) is 0 Å². The fourth-order valence-corrected chi connectivity index (χ4v) is 1.74. The van der Waals surface area contributed by atoms with Gasteiger partial charge in [0.1, 0.15) is 0 Å². The topological polar surface area (TPSA) is 35.6 Å². The van der Waals surface area contributed by atoms with Gasteiger partial charge in [-0.3, -0.25) is 9.69 Å². The molecule has 1 unspecified atom stereocenters. The molecule has 1 N–H and O–H groups in total. The van der Waals surface area contributed by atoms with E-state index in [2.05, 4.69) is 10.2 Å². The van der Waals surface area contributed by atoms with E-state index in [1.165, 1.54) is 0 Å². The maximum atomic E-state index is 11.9. The standard InChI is InChI=1S/C10H21N3O/c1-9-10(14)13(8-5-11-2)7-4-6-12(9)3/h9,11H,4-8H2,1-3H3. The number of rotatable bonds is 3. The van der Waals surface area contributed by atoms with Crippen LogP contribution >= 0.6 is 0 Å². The van der Waals surface area contributed by atoms with Crippen molar-refractivity contribution in [3.8, 4) is 0 Å². The van der Waals surface area contributed by atoms with Crippen molar-refractivity contribution < 1.29 is 4.79 Å². The molecule has 1 saturated heterocycles. The first kappa shape index (κ1) is 11.5. The van der Waals surface area contributed by atoms with Crippen molar-refractivity contribution in [2.75, 3.05) is 40.3 Å². The van der Waals surface area contributed by atoms with Crippen LogP contribution in [0.15, 0.2) is 0 Å². The Morgan fingerprint density at radius 3 is 2.86 bits per heavy atom. The smallest absolute Gasteiger partial charge is 0.239 e. The van der Waals surface area contributed by atoms with Crippen LogP contribution in [0.3, 0.4) is 0 Å². The highest BCUT2D eigenvalue weighted by Crippen LogP contribution is 2.08. The maximum Gasteiger partial charge on any atom is 0.239 e. The molecule has 0 saturated carbocycles. The number of nitrogens with zero attached hydrogens (tertiary/aromatic N) is 2. The summed E-state index contributed by atoms with van der Waals surface area (Å²) in [6, 6.07) is 0.0364. The van der Waals surface area contributed by atoms with Crippen LogP contribution in [0.4, 0.5) is 0 Å². The molecule has 4 heteroatoms. The monoisotopic (exact) mass is 199 g/mol. The van der Waals surface area contributed by atoms with Gasteiger partial charge in [-0.1, -0.05) is 0 Å². The molecule has 1 amide bonds. The van der Waals surface area contributed by atoms with Crippen LogP contribution in [-0.2, 0) is 4.79 Å². The van der Waals surface area contributed by atoms with Gasteiger partial charge in [-0.2, -0.15) is 0 Å². The summed E-state index contributed by atoms with van der Waals surface area (Å²) in [5, 5.41) is 3.07. The Morgan fingerprint density at radius 2 is 2.21 bits per heavy atom. The van der Waals surface area contributed by atoms with Crippen LogP contribution in [0, 0.1) is 0 Å². The highest BCUT2D eigenvalue weighted by Gasteiger charge is 2.26. The van der Waals surface area contributed by atoms with Crippen LogP contribution < -0.4 is 5.32 Å². The molecule has 82 valence electrons. The van der Waals surface area contributed by atoms with E-state index in [1.54, 1.807) is 0 Å². The lowest BCUT2D eigenvalue weighted by atomic mass is 10.3. The van der Waals surface area contributed by atoms with Gasteiger partial charge in [0.15, 0.2) is 0 Å². The third kappa shape index (κ3) is 2.69. The second-order valence-corrected chi connectivity index (χ2v) is 3.94. The average molecular weight is 199 g/mol. The minimum Gasteiger partial charge on any atom is -0.340 e. The lowest BCUT2D eigenvalue weighted by Gasteiger charge is -2.25. The number of hydrogen-bond acceptors (Lipinski definition) is 3. The molecule has 0 aliphatic carbocycles. The van der Waals surface area contributed by atoms with Crippen LogP contribution in [-0.4, -0.2) is 62.0 Å². The van der Waals surface area contributed by atoms with Gasteiger partial charge in [-0.05, 0) is 27.4 Å². The summed E-state index contributed by atoms with van der Waals surface area (Å²) < 4.78 is 0. The largest absolute Gasteiger partial charge is 0.340 e. The molecule has 1 fully saturated rings. The van der Waals surface area contributed by atoms with Crippen molar-refractivity contribution in [3.05, 3.63) is 0 Å². The molecule has 0 aromatic rings. The van der Waals surface area contributed by atoms with E-state index in [0.29, 0.717) is 0 Å². The Bertz CT molecular complexity index is 194.